The summed E-state index contributed by atoms with van der Waals surface area (Å²) < 4.78 is 0. The lowest BCUT2D eigenvalue weighted by Gasteiger charge is -1.98. The zero-order valence-corrected chi connectivity index (χ0v) is 6.81. The van der Waals surface area contributed by atoms with Crippen molar-refractivity contribution in [2.24, 2.45) is 0 Å². The number of aromatic hydroxyl groups is 1. The summed E-state index contributed by atoms with van der Waals surface area (Å²) in [6.07, 6.45) is 3.73. The van der Waals surface area contributed by atoms with E-state index in [9.17, 15) is 5.11 Å². The summed E-state index contributed by atoms with van der Waals surface area (Å²) in [5.74, 6) is 0.186. The number of nitrogens with one attached hydrogen (secondary N) is 1. The molecule has 0 aromatic carbocycles. The quantitative estimate of drug-likeness (QED) is 0.698. The topological polar surface area (TPSA) is 74.7 Å². The fourth-order valence-corrected chi connectivity index (χ4v) is 1.05. The molecule has 0 amide bonds. The Balaban J connectivity index is 2.24. The molecule has 0 fully saturated rings. The van der Waals surface area contributed by atoms with E-state index in [4.69, 9.17) is 0 Å². The summed E-state index contributed by atoms with van der Waals surface area (Å²) in [5.41, 5.74) is 1.37. The molecule has 0 saturated heterocycles. The van der Waals surface area contributed by atoms with Crippen molar-refractivity contribution in [2.75, 3.05) is 0 Å². The van der Waals surface area contributed by atoms with Gasteiger partial charge in [0.2, 0.25) is 0 Å². The van der Waals surface area contributed by atoms with Gasteiger partial charge in [-0.05, 0) is 12.1 Å². The van der Waals surface area contributed by atoms with Gasteiger partial charge in [-0.25, -0.2) is 0 Å². The van der Waals surface area contributed by atoms with Crippen LogP contribution in [0.4, 0.5) is 0 Å². The van der Waals surface area contributed by atoms with Crippen LogP contribution in [0.25, 0.3) is 0 Å². The lowest BCUT2D eigenvalue weighted by Crippen LogP contribution is -1.92. The standard InChI is InChI=1S/C8H8N4O/c13-8-2-1-3-9-7(8)4-6-5-10-12-11-6/h1-3,5,13H,4H2,(H,10,11,12). The lowest BCUT2D eigenvalue weighted by molar-refractivity contribution is 0.465. The van der Waals surface area contributed by atoms with Crippen LogP contribution in [0.1, 0.15) is 11.4 Å². The monoisotopic (exact) mass is 176 g/mol. The van der Waals surface area contributed by atoms with Crippen LogP contribution in [0.15, 0.2) is 24.5 Å². The van der Waals surface area contributed by atoms with Crippen molar-refractivity contribution in [1.29, 1.82) is 0 Å². The van der Waals surface area contributed by atoms with E-state index >= 15 is 0 Å². The summed E-state index contributed by atoms with van der Waals surface area (Å²) in [6.45, 7) is 0. The second-order valence-corrected chi connectivity index (χ2v) is 2.61. The van der Waals surface area contributed by atoms with Crippen LogP contribution in [0.2, 0.25) is 0 Å². The number of aromatic nitrogens is 4. The smallest absolute Gasteiger partial charge is 0.137 e. The normalized spacial score (nSPS) is 10.2. The van der Waals surface area contributed by atoms with E-state index in [0.717, 1.165) is 5.69 Å². The number of aromatic amines is 1. The second kappa shape index (κ2) is 3.22. The van der Waals surface area contributed by atoms with Crippen molar-refractivity contribution >= 4 is 0 Å². The Bertz CT molecular complexity index is 385. The molecule has 0 spiro atoms. The van der Waals surface area contributed by atoms with Crippen LogP contribution in [0, 0.1) is 0 Å². The molecule has 0 saturated carbocycles. The highest BCUT2D eigenvalue weighted by molar-refractivity contribution is 5.27. The van der Waals surface area contributed by atoms with Crippen LogP contribution < -0.4 is 0 Å². The van der Waals surface area contributed by atoms with E-state index in [1.165, 1.54) is 0 Å². The van der Waals surface area contributed by atoms with E-state index < -0.39 is 0 Å². The van der Waals surface area contributed by atoms with Gasteiger partial charge in [-0.3, -0.25) is 4.98 Å². The molecule has 0 aliphatic heterocycles. The van der Waals surface area contributed by atoms with Crippen molar-refractivity contribution in [1.82, 2.24) is 20.4 Å². The summed E-state index contributed by atoms with van der Waals surface area (Å²) in [6, 6.07) is 3.28. The Labute approximate surface area is 74.5 Å². The van der Waals surface area contributed by atoms with Crippen molar-refractivity contribution in [3.05, 3.63) is 35.9 Å². The predicted molar refractivity (Wildman–Crippen MR) is 45.1 cm³/mol. The third-order valence-electron chi connectivity index (χ3n) is 1.68. The van der Waals surface area contributed by atoms with E-state index in [1.54, 1.807) is 24.5 Å². The first-order valence-corrected chi connectivity index (χ1v) is 3.84. The van der Waals surface area contributed by atoms with Gasteiger partial charge in [0.1, 0.15) is 5.75 Å². The van der Waals surface area contributed by atoms with Crippen LogP contribution in [0.3, 0.4) is 0 Å². The number of hydrogen-bond acceptors (Lipinski definition) is 4. The minimum Gasteiger partial charge on any atom is -0.506 e. The molecule has 0 atom stereocenters. The zero-order chi connectivity index (χ0) is 9.10. The maximum Gasteiger partial charge on any atom is 0.137 e. The second-order valence-electron chi connectivity index (χ2n) is 2.61. The van der Waals surface area contributed by atoms with Crippen molar-refractivity contribution in [3.8, 4) is 5.75 Å². The van der Waals surface area contributed by atoms with Gasteiger partial charge >= 0.3 is 0 Å². The average Bonchev–Trinajstić information content (AvgIpc) is 2.61. The molecule has 5 nitrogen and oxygen atoms in total. The minimum atomic E-state index is 0.186. The van der Waals surface area contributed by atoms with Gasteiger partial charge in [0.05, 0.1) is 17.6 Å². The van der Waals surface area contributed by atoms with Crippen molar-refractivity contribution in [2.45, 2.75) is 6.42 Å². The highest BCUT2D eigenvalue weighted by Gasteiger charge is 2.04. The molecule has 0 aliphatic rings. The Morgan fingerprint density at radius 1 is 1.46 bits per heavy atom. The van der Waals surface area contributed by atoms with Gasteiger partial charge in [0.25, 0.3) is 0 Å². The molecule has 2 aromatic rings. The van der Waals surface area contributed by atoms with Gasteiger partial charge in [-0.1, -0.05) is 0 Å². The number of rotatable bonds is 2. The first-order valence-electron chi connectivity index (χ1n) is 3.84. The first-order chi connectivity index (χ1) is 6.36. The SMILES string of the molecule is Oc1cccnc1Cc1cn[nH]n1. The van der Waals surface area contributed by atoms with Crippen LogP contribution in [-0.2, 0) is 6.42 Å². The first kappa shape index (κ1) is 7.72. The maximum atomic E-state index is 9.39. The molecule has 0 radical (unpaired) electrons. The number of hydrogen-bond donors (Lipinski definition) is 2. The van der Waals surface area contributed by atoms with Gasteiger partial charge in [-0.2, -0.15) is 15.4 Å². The van der Waals surface area contributed by atoms with Crippen LogP contribution in [0.5, 0.6) is 5.75 Å². The predicted octanol–water partition coefficient (Wildman–Crippen LogP) is 0.496. The summed E-state index contributed by atoms with van der Waals surface area (Å²) >= 11 is 0. The van der Waals surface area contributed by atoms with Crippen LogP contribution >= 0.6 is 0 Å². The van der Waals surface area contributed by atoms with E-state index in [-0.39, 0.29) is 5.75 Å². The van der Waals surface area contributed by atoms with Gasteiger partial charge in [0, 0.05) is 12.6 Å². The molecule has 2 aromatic heterocycles. The molecule has 0 aliphatic carbocycles. The molecule has 5 heteroatoms. The number of nitrogens with zero attached hydrogens (tertiary/aromatic N) is 3. The third-order valence-corrected chi connectivity index (χ3v) is 1.68. The highest BCUT2D eigenvalue weighted by Crippen LogP contribution is 2.14. The zero-order valence-electron chi connectivity index (χ0n) is 6.81. The number of H-pyrrole nitrogens is 1. The van der Waals surface area contributed by atoms with E-state index in [0.29, 0.717) is 12.1 Å². The maximum absolute atomic E-state index is 9.39. The van der Waals surface area contributed by atoms with E-state index in [2.05, 4.69) is 20.4 Å². The lowest BCUT2D eigenvalue weighted by atomic mass is 10.2. The van der Waals surface area contributed by atoms with Gasteiger partial charge in [0.15, 0.2) is 0 Å². The molecule has 2 rings (SSSR count). The molecule has 2 heterocycles. The Hall–Kier alpha value is -1.91. The summed E-state index contributed by atoms with van der Waals surface area (Å²) in [7, 11) is 0. The van der Waals surface area contributed by atoms with Crippen LogP contribution in [-0.4, -0.2) is 25.5 Å². The van der Waals surface area contributed by atoms with Gasteiger partial charge in [-0.15, -0.1) is 0 Å². The molecular weight excluding hydrogens is 168 g/mol. The fourth-order valence-electron chi connectivity index (χ4n) is 1.05. The van der Waals surface area contributed by atoms with Gasteiger partial charge < -0.3 is 5.11 Å². The summed E-state index contributed by atoms with van der Waals surface area (Å²) in [4.78, 5) is 4.02. The minimum absolute atomic E-state index is 0.186. The number of pyridine rings is 1. The fraction of sp³-hybridized carbons (Fsp3) is 0.125. The Kier molecular flexibility index (Phi) is 1.91. The Morgan fingerprint density at radius 3 is 3.08 bits per heavy atom. The summed E-state index contributed by atoms with van der Waals surface area (Å²) in [5, 5.41) is 19.4. The van der Waals surface area contributed by atoms with Crippen molar-refractivity contribution in [3.63, 3.8) is 0 Å². The molecular formula is C8H8N4O. The molecule has 0 bridgehead atoms. The molecule has 2 N–H and O–H groups in total. The van der Waals surface area contributed by atoms with Crippen molar-refractivity contribution < 1.29 is 5.11 Å². The average molecular weight is 176 g/mol. The molecule has 0 unspecified atom stereocenters. The Morgan fingerprint density at radius 2 is 2.38 bits per heavy atom. The molecule has 66 valence electrons. The largest absolute Gasteiger partial charge is 0.506 e. The van der Waals surface area contributed by atoms with E-state index in [1.807, 2.05) is 0 Å². The third kappa shape index (κ3) is 1.64. The highest BCUT2D eigenvalue weighted by atomic mass is 16.3. The molecule has 13 heavy (non-hydrogen) atoms.